The smallest absolute Gasteiger partial charge is 0.321 e. The van der Waals surface area contributed by atoms with Crippen LogP contribution in [0.2, 0.25) is 5.02 Å². The van der Waals surface area contributed by atoms with Crippen molar-refractivity contribution in [1.29, 1.82) is 0 Å². The van der Waals surface area contributed by atoms with E-state index in [-0.39, 0.29) is 18.0 Å². The average molecular weight is 430 g/mol. The number of halogens is 1. The van der Waals surface area contributed by atoms with Crippen LogP contribution in [0.3, 0.4) is 0 Å². The number of methoxy groups -OCH3 is 2. The van der Waals surface area contributed by atoms with Gasteiger partial charge in [0.15, 0.2) is 0 Å². The maximum Gasteiger partial charge on any atom is 0.321 e. The van der Waals surface area contributed by atoms with Crippen molar-refractivity contribution in [1.82, 2.24) is 10.2 Å². The molecule has 2 aliphatic heterocycles. The highest BCUT2D eigenvalue weighted by atomic mass is 35.5. The largest absolute Gasteiger partial charge is 0.497 e. The minimum Gasteiger partial charge on any atom is -0.497 e. The molecule has 0 bridgehead atoms. The van der Waals surface area contributed by atoms with Gasteiger partial charge in [0.2, 0.25) is 0 Å². The number of benzene rings is 2. The lowest BCUT2D eigenvalue weighted by molar-refractivity contribution is 0.0734. The molecule has 2 fully saturated rings. The fraction of sp³-hybridized carbons (Fsp3) is 0.364. The van der Waals surface area contributed by atoms with Gasteiger partial charge in [-0.25, -0.2) is 4.79 Å². The zero-order valence-corrected chi connectivity index (χ0v) is 17.7. The van der Waals surface area contributed by atoms with E-state index in [0.29, 0.717) is 47.4 Å². The second-order valence-electron chi connectivity index (χ2n) is 7.31. The molecular formula is C22H24ClN3O4. The molecule has 0 spiro atoms. The first-order valence-corrected chi connectivity index (χ1v) is 10.3. The van der Waals surface area contributed by atoms with Gasteiger partial charge in [0.25, 0.3) is 5.91 Å². The monoisotopic (exact) mass is 429 g/mol. The number of likely N-dealkylation sites (tertiary alicyclic amines) is 1. The van der Waals surface area contributed by atoms with Crippen LogP contribution in [0.15, 0.2) is 36.4 Å². The van der Waals surface area contributed by atoms with E-state index < -0.39 is 0 Å². The number of hydrogen-bond donors (Lipinski definition) is 1. The van der Waals surface area contributed by atoms with E-state index in [2.05, 4.69) is 5.32 Å². The molecule has 0 aromatic heterocycles. The number of carbonyl (C=O) groups is 2. The Bertz CT molecular complexity index is 981. The number of hydrogen-bond acceptors (Lipinski definition) is 4. The molecule has 2 aromatic rings. The van der Waals surface area contributed by atoms with Crippen LogP contribution in [-0.4, -0.2) is 50.7 Å². The van der Waals surface area contributed by atoms with Crippen molar-refractivity contribution in [3.8, 4) is 11.5 Å². The minimum absolute atomic E-state index is 0.117. The van der Waals surface area contributed by atoms with Gasteiger partial charge in [-0.2, -0.15) is 0 Å². The van der Waals surface area contributed by atoms with Crippen LogP contribution < -0.4 is 19.7 Å². The van der Waals surface area contributed by atoms with Crippen molar-refractivity contribution in [2.75, 3.05) is 38.8 Å². The van der Waals surface area contributed by atoms with Crippen LogP contribution in [0, 0.1) is 0 Å². The standard InChI is InChI=1S/C22H24ClN3O4/c1-29-15-6-7-16(20(13-15)30-2)19-4-3-10-26(19)21(27)17-12-14(5-8-18(17)23)25-11-9-24-22(25)28/h5-8,12-13,19H,3-4,9-11H2,1-2H3,(H,24,28)/t19-/m0/s1. The SMILES string of the molecule is COc1ccc([C@@H]2CCCN2C(=O)c2cc(N3CCNC3=O)ccc2Cl)c(OC)c1. The molecule has 158 valence electrons. The number of rotatable bonds is 5. The Morgan fingerprint density at radius 1 is 1.13 bits per heavy atom. The normalized spacial score (nSPS) is 18.5. The van der Waals surface area contributed by atoms with Crippen molar-refractivity contribution in [3.05, 3.63) is 52.5 Å². The second kappa shape index (κ2) is 8.44. The first-order valence-electron chi connectivity index (χ1n) is 9.91. The quantitative estimate of drug-likeness (QED) is 0.783. The van der Waals surface area contributed by atoms with Crippen LogP contribution in [0.25, 0.3) is 0 Å². The molecule has 1 N–H and O–H groups in total. The summed E-state index contributed by atoms with van der Waals surface area (Å²) in [6.45, 7) is 1.77. The number of urea groups is 1. The van der Waals surface area contributed by atoms with Crippen molar-refractivity contribution >= 4 is 29.2 Å². The minimum atomic E-state index is -0.169. The zero-order chi connectivity index (χ0) is 21.3. The van der Waals surface area contributed by atoms with Crippen LogP contribution in [-0.2, 0) is 0 Å². The third kappa shape index (κ3) is 3.65. The summed E-state index contributed by atoms with van der Waals surface area (Å²) in [7, 11) is 3.22. The number of anilines is 1. The highest BCUT2D eigenvalue weighted by Gasteiger charge is 2.34. The number of ether oxygens (including phenoxy) is 2. The van der Waals surface area contributed by atoms with Crippen molar-refractivity contribution < 1.29 is 19.1 Å². The molecule has 2 aromatic carbocycles. The van der Waals surface area contributed by atoms with E-state index in [1.54, 1.807) is 37.3 Å². The summed E-state index contributed by atoms with van der Waals surface area (Å²) < 4.78 is 10.9. The highest BCUT2D eigenvalue weighted by molar-refractivity contribution is 6.34. The summed E-state index contributed by atoms with van der Waals surface area (Å²) in [5.74, 6) is 1.24. The maximum atomic E-state index is 13.5. The lowest BCUT2D eigenvalue weighted by Crippen LogP contribution is -2.32. The topological polar surface area (TPSA) is 71.1 Å². The van der Waals surface area contributed by atoms with Gasteiger partial charge in [0, 0.05) is 37.0 Å². The van der Waals surface area contributed by atoms with E-state index >= 15 is 0 Å². The van der Waals surface area contributed by atoms with Crippen molar-refractivity contribution in [2.24, 2.45) is 0 Å². The Morgan fingerprint density at radius 2 is 1.97 bits per heavy atom. The molecule has 4 rings (SSSR count). The van der Waals surface area contributed by atoms with Gasteiger partial charge in [-0.3, -0.25) is 9.69 Å². The second-order valence-corrected chi connectivity index (χ2v) is 7.72. The lowest BCUT2D eigenvalue weighted by atomic mass is 10.0. The Morgan fingerprint density at radius 3 is 2.67 bits per heavy atom. The maximum absolute atomic E-state index is 13.5. The molecule has 2 aliphatic rings. The fourth-order valence-corrected chi connectivity index (χ4v) is 4.34. The van der Waals surface area contributed by atoms with Crippen LogP contribution in [0.5, 0.6) is 11.5 Å². The van der Waals surface area contributed by atoms with E-state index in [1.807, 2.05) is 23.1 Å². The molecule has 8 heteroatoms. The Labute approximate surface area is 180 Å². The van der Waals surface area contributed by atoms with Gasteiger partial charge in [-0.1, -0.05) is 11.6 Å². The predicted molar refractivity (Wildman–Crippen MR) is 115 cm³/mol. The summed E-state index contributed by atoms with van der Waals surface area (Å²) in [6, 6.07) is 10.5. The summed E-state index contributed by atoms with van der Waals surface area (Å²) in [6.07, 6.45) is 1.72. The summed E-state index contributed by atoms with van der Waals surface area (Å²) in [4.78, 5) is 28.9. The molecular weight excluding hydrogens is 406 g/mol. The first-order chi connectivity index (χ1) is 14.5. The zero-order valence-electron chi connectivity index (χ0n) is 17.0. The Hall–Kier alpha value is -2.93. The summed E-state index contributed by atoms with van der Waals surface area (Å²) >= 11 is 6.40. The van der Waals surface area contributed by atoms with E-state index in [0.717, 1.165) is 18.4 Å². The molecule has 2 heterocycles. The molecule has 2 saturated heterocycles. The summed E-state index contributed by atoms with van der Waals surface area (Å²) in [5, 5.41) is 3.14. The highest BCUT2D eigenvalue weighted by Crippen LogP contribution is 2.40. The molecule has 0 unspecified atom stereocenters. The fourth-order valence-electron chi connectivity index (χ4n) is 4.14. The number of nitrogens with one attached hydrogen (secondary N) is 1. The van der Waals surface area contributed by atoms with Gasteiger partial charge >= 0.3 is 6.03 Å². The van der Waals surface area contributed by atoms with Crippen LogP contribution in [0.4, 0.5) is 10.5 Å². The van der Waals surface area contributed by atoms with Gasteiger partial charge in [0.05, 0.1) is 30.8 Å². The first kappa shape index (κ1) is 20.3. The summed E-state index contributed by atoms with van der Waals surface area (Å²) in [5.41, 5.74) is 2.00. The number of amides is 3. The lowest BCUT2D eigenvalue weighted by Gasteiger charge is -2.27. The molecule has 0 radical (unpaired) electrons. The number of carbonyl (C=O) groups excluding carboxylic acids is 2. The van der Waals surface area contributed by atoms with Crippen molar-refractivity contribution in [2.45, 2.75) is 18.9 Å². The van der Waals surface area contributed by atoms with Crippen molar-refractivity contribution in [3.63, 3.8) is 0 Å². The molecule has 7 nitrogen and oxygen atoms in total. The van der Waals surface area contributed by atoms with Gasteiger partial charge in [-0.05, 0) is 43.2 Å². The molecule has 1 atom stereocenters. The molecule has 0 saturated carbocycles. The molecule has 30 heavy (non-hydrogen) atoms. The molecule has 3 amide bonds. The Balaban J connectivity index is 1.65. The third-order valence-electron chi connectivity index (χ3n) is 5.66. The third-order valence-corrected chi connectivity index (χ3v) is 5.99. The number of nitrogens with zero attached hydrogens (tertiary/aromatic N) is 2. The van der Waals surface area contributed by atoms with Gasteiger partial charge in [0.1, 0.15) is 11.5 Å². The molecule has 0 aliphatic carbocycles. The van der Waals surface area contributed by atoms with E-state index in [4.69, 9.17) is 21.1 Å². The van der Waals surface area contributed by atoms with Crippen LogP contribution in [0.1, 0.15) is 34.8 Å². The predicted octanol–water partition coefficient (Wildman–Crippen LogP) is 3.86. The van der Waals surface area contributed by atoms with Gasteiger partial charge < -0.3 is 19.7 Å². The Kier molecular flexibility index (Phi) is 5.72. The van der Waals surface area contributed by atoms with E-state index in [1.165, 1.54) is 0 Å². The van der Waals surface area contributed by atoms with Gasteiger partial charge in [-0.15, -0.1) is 0 Å². The van der Waals surface area contributed by atoms with Crippen LogP contribution >= 0.6 is 11.6 Å². The van der Waals surface area contributed by atoms with E-state index in [9.17, 15) is 9.59 Å². The average Bonchev–Trinajstić information content (AvgIpc) is 3.42.